The molecule has 0 bridgehead atoms. The van der Waals surface area contributed by atoms with Gasteiger partial charge in [-0.25, -0.2) is 0 Å². The van der Waals surface area contributed by atoms with Crippen molar-refractivity contribution < 1.29 is 29.3 Å². The summed E-state index contributed by atoms with van der Waals surface area (Å²) in [4.78, 5) is 22.7. The first kappa shape index (κ1) is 16.1. The molecule has 0 aromatic carbocycles. The van der Waals surface area contributed by atoms with E-state index in [0.717, 1.165) is 12.8 Å². The van der Waals surface area contributed by atoms with Crippen LogP contribution in [0.5, 0.6) is 0 Å². The van der Waals surface area contributed by atoms with Gasteiger partial charge in [0.15, 0.2) is 0 Å². The second-order valence-electron chi connectivity index (χ2n) is 5.04. The maximum Gasteiger partial charge on any atom is 0.311 e. The van der Waals surface area contributed by atoms with Crippen LogP contribution in [0.3, 0.4) is 0 Å². The van der Waals surface area contributed by atoms with Gasteiger partial charge in [0.1, 0.15) is 18.5 Å². The van der Waals surface area contributed by atoms with E-state index in [-0.39, 0.29) is 24.6 Å². The molecule has 110 valence electrons. The van der Waals surface area contributed by atoms with Crippen molar-refractivity contribution in [3.05, 3.63) is 0 Å². The Morgan fingerprint density at radius 1 is 1.42 bits per heavy atom. The Morgan fingerprint density at radius 3 is 2.68 bits per heavy atom. The number of aliphatic hydroxyl groups is 2. The van der Waals surface area contributed by atoms with Gasteiger partial charge in [-0.2, -0.15) is 0 Å². The van der Waals surface area contributed by atoms with Crippen molar-refractivity contribution in [3.8, 4) is 0 Å². The Bertz CT molecular complexity index is 316. The highest BCUT2D eigenvalue weighted by molar-refractivity contribution is 5.76. The second kappa shape index (κ2) is 7.57. The highest BCUT2D eigenvalue weighted by Crippen LogP contribution is 2.28. The molecule has 0 aromatic heterocycles. The lowest BCUT2D eigenvalue weighted by Gasteiger charge is -2.19. The van der Waals surface area contributed by atoms with E-state index in [1.807, 2.05) is 0 Å². The minimum atomic E-state index is -1.05. The van der Waals surface area contributed by atoms with Crippen molar-refractivity contribution >= 4 is 11.8 Å². The molecular formula is C13H22O6. The molecule has 0 saturated carbocycles. The fourth-order valence-electron chi connectivity index (χ4n) is 2.09. The summed E-state index contributed by atoms with van der Waals surface area (Å²) in [5.41, 5.74) is 0. The van der Waals surface area contributed by atoms with Gasteiger partial charge in [0.25, 0.3) is 0 Å². The molecule has 0 amide bonds. The molecule has 1 aliphatic heterocycles. The molecule has 4 atom stereocenters. The molecule has 2 N–H and O–H groups in total. The van der Waals surface area contributed by atoms with Crippen LogP contribution >= 0.6 is 0 Å². The first-order valence-corrected chi connectivity index (χ1v) is 6.54. The molecule has 0 radical (unpaired) electrons. The molecule has 1 saturated heterocycles. The van der Waals surface area contributed by atoms with Crippen LogP contribution in [-0.2, 0) is 19.1 Å². The lowest BCUT2D eigenvalue weighted by Crippen LogP contribution is -2.31. The number of Topliss-reactive ketones (excluding diaryl/α,β-unsaturated/α-hetero) is 1. The van der Waals surface area contributed by atoms with Gasteiger partial charge in [-0.1, -0.05) is 0 Å². The summed E-state index contributed by atoms with van der Waals surface area (Å²) >= 11 is 0. The summed E-state index contributed by atoms with van der Waals surface area (Å²) in [7, 11) is 0. The van der Waals surface area contributed by atoms with Crippen LogP contribution in [0.25, 0.3) is 0 Å². The van der Waals surface area contributed by atoms with Crippen LogP contribution in [0, 0.1) is 5.92 Å². The summed E-state index contributed by atoms with van der Waals surface area (Å²) in [6.45, 7) is 2.56. The van der Waals surface area contributed by atoms with Crippen LogP contribution < -0.4 is 0 Å². The zero-order chi connectivity index (χ0) is 14.4. The number of hydrogen-bond donors (Lipinski definition) is 2. The number of ether oxygens (including phenoxy) is 2. The van der Waals surface area contributed by atoms with Crippen molar-refractivity contribution in [3.63, 3.8) is 0 Å². The minimum Gasteiger partial charge on any atom is -0.463 e. The van der Waals surface area contributed by atoms with Crippen LogP contribution in [-0.4, -0.2) is 53.5 Å². The molecule has 1 rings (SSSR count). The van der Waals surface area contributed by atoms with Crippen molar-refractivity contribution in [2.45, 2.75) is 51.4 Å². The summed E-state index contributed by atoms with van der Waals surface area (Å²) in [5.74, 6) is -0.823. The summed E-state index contributed by atoms with van der Waals surface area (Å²) < 4.78 is 10.5. The van der Waals surface area contributed by atoms with E-state index in [1.54, 1.807) is 6.92 Å². The zero-order valence-electron chi connectivity index (χ0n) is 11.4. The van der Waals surface area contributed by atoms with Gasteiger partial charge in [0.2, 0.25) is 0 Å². The average molecular weight is 274 g/mol. The minimum absolute atomic E-state index is 0.0759. The summed E-state index contributed by atoms with van der Waals surface area (Å²) in [5, 5.41) is 17.7. The lowest BCUT2D eigenvalue weighted by molar-refractivity contribution is -0.156. The Kier molecular flexibility index (Phi) is 6.41. The Labute approximate surface area is 112 Å². The molecule has 1 fully saturated rings. The quantitative estimate of drug-likeness (QED) is 0.637. The van der Waals surface area contributed by atoms with Gasteiger partial charge >= 0.3 is 5.97 Å². The zero-order valence-corrected chi connectivity index (χ0v) is 11.4. The molecule has 0 unspecified atom stereocenters. The second-order valence-corrected chi connectivity index (χ2v) is 5.04. The van der Waals surface area contributed by atoms with E-state index in [0.29, 0.717) is 6.42 Å². The Hall–Kier alpha value is -0.980. The molecule has 19 heavy (non-hydrogen) atoms. The fourth-order valence-corrected chi connectivity index (χ4v) is 2.09. The van der Waals surface area contributed by atoms with E-state index < -0.39 is 24.6 Å². The largest absolute Gasteiger partial charge is 0.463 e. The van der Waals surface area contributed by atoms with Crippen LogP contribution in [0.2, 0.25) is 0 Å². The van der Waals surface area contributed by atoms with Crippen molar-refractivity contribution in [1.82, 2.24) is 0 Å². The number of carbonyl (C=O) groups is 2. The molecule has 1 heterocycles. The predicted molar refractivity (Wildman–Crippen MR) is 66.4 cm³/mol. The van der Waals surface area contributed by atoms with Gasteiger partial charge in [-0.05, 0) is 26.7 Å². The molecule has 6 nitrogen and oxygen atoms in total. The third kappa shape index (κ3) is 5.26. The number of ketones is 1. The molecule has 6 heteroatoms. The summed E-state index contributed by atoms with van der Waals surface area (Å²) in [6.07, 6.45) is 0.453. The number of hydrogen-bond acceptors (Lipinski definition) is 6. The molecular weight excluding hydrogens is 252 g/mol. The third-order valence-corrected chi connectivity index (χ3v) is 3.21. The van der Waals surface area contributed by atoms with Gasteiger partial charge < -0.3 is 19.7 Å². The van der Waals surface area contributed by atoms with Crippen molar-refractivity contribution in [2.24, 2.45) is 5.92 Å². The average Bonchev–Trinajstić information content (AvgIpc) is 2.81. The third-order valence-electron chi connectivity index (χ3n) is 3.21. The Morgan fingerprint density at radius 2 is 2.11 bits per heavy atom. The topological polar surface area (TPSA) is 93.1 Å². The number of esters is 1. The first-order valence-electron chi connectivity index (χ1n) is 6.54. The standard InChI is InChI=1S/C13H22O6/c1-8(15)5-11-3-4-12(19-11)9(2)13(17)18-7-10(16)6-14/h9-12,14,16H,3-7H2,1-2H3/t9-,10+,11+,12+/m0/s1. The summed E-state index contributed by atoms with van der Waals surface area (Å²) in [6, 6.07) is 0. The Balaban J connectivity index is 2.35. The molecule has 1 aliphatic rings. The van der Waals surface area contributed by atoms with Crippen LogP contribution in [0.1, 0.15) is 33.1 Å². The van der Waals surface area contributed by atoms with E-state index >= 15 is 0 Å². The van der Waals surface area contributed by atoms with Gasteiger partial charge in [-0.15, -0.1) is 0 Å². The monoisotopic (exact) mass is 274 g/mol. The first-order chi connectivity index (χ1) is 8.93. The number of carbonyl (C=O) groups excluding carboxylic acids is 2. The molecule has 0 aliphatic carbocycles. The van der Waals surface area contributed by atoms with E-state index in [2.05, 4.69) is 0 Å². The van der Waals surface area contributed by atoms with Crippen LogP contribution in [0.15, 0.2) is 0 Å². The van der Waals surface area contributed by atoms with Crippen molar-refractivity contribution in [1.29, 1.82) is 0 Å². The van der Waals surface area contributed by atoms with Gasteiger partial charge in [0.05, 0.1) is 24.7 Å². The molecule has 0 aromatic rings. The van der Waals surface area contributed by atoms with Crippen molar-refractivity contribution in [2.75, 3.05) is 13.2 Å². The number of aliphatic hydroxyl groups excluding tert-OH is 2. The maximum absolute atomic E-state index is 11.7. The fraction of sp³-hybridized carbons (Fsp3) is 0.846. The normalized spacial score (nSPS) is 25.9. The van der Waals surface area contributed by atoms with E-state index in [1.165, 1.54) is 6.92 Å². The number of rotatable bonds is 7. The van der Waals surface area contributed by atoms with Crippen LogP contribution in [0.4, 0.5) is 0 Å². The van der Waals surface area contributed by atoms with Gasteiger partial charge in [-0.3, -0.25) is 9.59 Å². The molecule has 0 spiro atoms. The highest BCUT2D eigenvalue weighted by Gasteiger charge is 2.34. The van der Waals surface area contributed by atoms with E-state index in [9.17, 15) is 9.59 Å². The van der Waals surface area contributed by atoms with E-state index in [4.69, 9.17) is 19.7 Å². The SMILES string of the molecule is CC(=O)C[C@H]1CC[C@H]([C@H](C)C(=O)OC[C@H](O)CO)O1. The lowest BCUT2D eigenvalue weighted by atomic mass is 10.0. The maximum atomic E-state index is 11.7. The highest BCUT2D eigenvalue weighted by atomic mass is 16.5. The smallest absolute Gasteiger partial charge is 0.311 e. The predicted octanol–water partition coefficient (Wildman–Crippen LogP) is 0.0456. The van der Waals surface area contributed by atoms with Gasteiger partial charge in [0, 0.05) is 6.42 Å².